The van der Waals surface area contributed by atoms with Crippen molar-refractivity contribution in [1.82, 2.24) is 10.4 Å². The van der Waals surface area contributed by atoms with E-state index in [0.29, 0.717) is 0 Å². The van der Waals surface area contributed by atoms with E-state index in [1.54, 1.807) is 6.08 Å². The topological polar surface area (TPSA) is 15.3 Å². The van der Waals surface area contributed by atoms with Crippen LogP contribution in [0.3, 0.4) is 0 Å². The molecule has 0 aromatic carbocycles. The fraction of sp³-hybridized carbons (Fsp3) is 0.400. The van der Waals surface area contributed by atoms with Crippen LogP contribution in [0.4, 0.5) is 0 Å². The Morgan fingerprint density at radius 3 is 3.00 bits per heavy atom. The van der Waals surface area contributed by atoms with E-state index < -0.39 is 0 Å². The second-order valence-electron chi connectivity index (χ2n) is 3.07. The minimum absolute atomic E-state index is 1.08. The number of allylic oxidation sites excluding steroid dienone is 3. The lowest BCUT2D eigenvalue weighted by atomic mass is 10.1. The molecule has 1 rings (SSSR count). The van der Waals surface area contributed by atoms with E-state index in [9.17, 15) is 0 Å². The van der Waals surface area contributed by atoms with Gasteiger partial charge < -0.3 is 5.43 Å². The molecule has 0 unspecified atom stereocenters. The van der Waals surface area contributed by atoms with Gasteiger partial charge in [-0.3, -0.25) is 0 Å². The van der Waals surface area contributed by atoms with E-state index in [0.717, 1.165) is 13.0 Å². The highest BCUT2D eigenvalue weighted by atomic mass is 15.5. The van der Waals surface area contributed by atoms with Crippen molar-refractivity contribution >= 4 is 0 Å². The van der Waals surface area contributed by atoms with Crippen LogP contribution in [0.1, 0.15) is 13.3 Å². The van der Waals surface area contributed by atoms with E-state index >= 15 is 0 Å². The lowest BCUT2D eigenvalue weighted by Crippen LogP contribution is -2.38. The summed E-state index contributed by atoms with van der Waals surface area (Å²) in [6.07, 6.45) is 6.93. The van der Waals surface area contributed by atoms with E-state index in [2.05, 4.69) is 30.0 Å². The highest BCUT2D eigenvalue weighted by molar-refractivity contribution is 5.26. The molecule has 0 atom stereocenters. The molecule has 2 heteroatoms. The van der Waals surface area contributed by atoms with Gasteiger partial charge >= 0.3 is 0 Å². The fourth-order valence-corrected chi connectivity index (χ4v) is 1.17. The van der Waals surface area contributed by atoms with Crippen LogP contribution in [0.5, 0.6) is 0 Å². The first-order valence-corrected chi connectivity index (χ1v) is 4.20. The molecular formula is C10H16N2. The number of hydrogen-bond donors (Lipinski definition) is 1. The number of rotatable bonds is 2. The van der Waals surface area contributed by atoms with Crippen LogP contribution in [0.25, 0.3) is 0 Å². The highest BCUT2D eigenvalue weighted by Gasteiger charge is 2.08. The maximum atomic E-state index is 3.64. The van der Waals surface area contributed by atoms with E-state index in [1.807, 2.05) is 13.1 Å². The molecule has 0 bridgehead atoms. The van der Waals surface area contributed by atoms with Gasteiger partial charge in [0.2, 0.25) is 0 Å². The summed E-state index contributed by atoms with van der Waals surface area (Å²) in [7, 11) is 2.05. The van der Waals surface area contributed by atoms with Gasteiger partial charge in [0, 0.05) is 19.3 Å². The average molecular weight is 164 g/mol. The standard InChI is InChI=1S/C10H16N2/c1-4-5-6-10-9(2)7-8-12(3)11-10/h4-6,11H,1,7-8H2,2-3H3/b6-5-. The Kier molecular flexibility index (Phi) is 3.11. The second-order valence-corrected chi connectivity index (χ2v) is 3.07. The van der Waals surface area contributed by atoms with Crippen molar-refractivity contribution in [3.8, 4) is 0 Å². The van der Waals surface area contributed by atoms with E-state index in [1.165, 1.54) is 11.3 Å². The summed E-state index contributed by atoms with van der Waals surface area (Å²) in [6.45, 7) is 6.87. The Bertz CT molecular complexity index is 226. The van der Waals surface area contributed by atoms with Gasteiger partial charge in [0.25, 0.3) is 0 Å². The van der Waals surface area contributed by atoms with Crippen molar-refractivity contribution in [3.63, 3.8) is 0 Å². The first kappa shape index (κ1) is 9.07. The lowest BCUT2D eigenvalue weighted by Gasteiger charge is -2.26. The van der Waals surface area contributed by atoms with Gasteiger partial charge in [-0.05, 0) is 25.0 Å². The average Bonchev–Trinajstić information content (AvgIpc) is 2.07. The van der Waals surface area contributed by atoms with Gasteiger partial charge in [0.05, 0.1) is 0 Å². The Morgan fingerprint density at radius 1 is 1.58 bits per heavy atom. The summed E-state index contributed by atoms with van der Waals surface area (Å²) in [5, 5.41) is 2.09. The molecule has 0 spiro atoms. The Hall–Kier alpha value is -1.02. The highest BCUT2D eigenvalue weighted by Crippen LogP contribution is 2.12. The maximum Gasteiger partial charge on any atom is 0.0479 e. The van der Waals surface area contributed by atoms with Gasteiger partial charge in [0.1, 0.15) is 0 Å². The molecule has 0 amide bonds. The normalized spacial score (nSPS) is 19.8. The summed E-state index contributed by atoms with van der Waals surface area (Å²) < 4.78 is 0. The molecule has 0 aromatic heterocycles. The third-order valence-electron chi connectivity index (χ3n) is 1.99. The van der Waals surface area contributed by atoms with Crippen LogP contribution in [-0.4, -0.2) is 18.6 Å². The van der Waals surface area contributed by atoms with Gasteiger partial charge in [0.15, 0.2) is 0 Å². The first-order chi connectivity index (χ1) is 5.74. The minimum Gasteiger partial charge on any atom is -0.319 e. The molecule has 0 aromatic rings. The van der Waals surface area contributed by atoms with Crippen molar-refractivity contribution in [1.29, 1.82) is 0 Å². The number of nitrogens with one attached hydrogen (secondary N) is 1. The molecule has 1 heterocycles. The van der Waals surface area contributed by atoms with Crippen molar-refractivity contribution in [3.05, 3.63) is 36.1 Å². The third-order valence-corrected chi connectivity index (χ3v) is 1.99. The largest absolute Gasteiger partial charge is 0.319 e. The Labute approximate surface area is 74.2 Å². The summed E-state index contributed by atoms with van der Waals surface area (Å²) in [5.74, 6) is 0. The molecule has 0 fully saturated rings. The number of hydrazine groups is 1. The summed E-state index contributed by atoms with van der Waals surface area (Å²) in [5.41, 5.74) is 5.89. The number of hydrogen-bond acceptors (Lipinski definition) is 2. The van der Waals surface area contributed by atoms with Crippen molar-refractivity contribution in [2.45, 2.75) is 13.3 Å². The lowest BCUT2D eigenvalue weighted by molar-refractivity contribution is 0.254. The quantitative estimate of drug-likeness (QED) is 0.626. The molecule has 1 aliphatic heterocycles. The molecule has 0 aliphatic carbocycles. The van der Waals surface area contributed by atoms with Gasteiger partial charge in [-0.15, -0.1) is 0 Å². The Balaban J connectivity index is 2.70. The van der Waals surface area contributed by atoms with E-state index in [-0.39, 0.29) is 0 Å². The molecule has 12 heavy (non-hydrogen) atoms. The van der Waals surface area contributed by atoms with Crippen molar-refractivity contribution < 1.29 is 0 Å². The molecule has 66 valence electrons. The zero-order chi connectivity index (χ0) is 8.97. The minimum atomic E-state index is 1.08. The summed E-state index contributed by atoms with van der Waals surface area (Å²) in [4.78, 5) is 0. The molecule has 0 radical (unpaired) electrons. The molecule has 0 saturated carbocycles. The monoisotopic (exact) mass is 164 g/mol. The Morgan fingerprint density at radius 2 is 2.33 bits per heavy atom. The summed E-state index contributed by atoms with van der Waals surface area (Å²) in [6, 6.07) is 0. The molecule has 0 saturated heterocycles. The third kappa shape index (κ3) is 2.24. The van der Waals surface area contributed by atoms with Crippen LogP contribution in [0, 0.1) is 0 Å². The smallest absolute Gasteiger partial charge is 0.0479 e. The van der Waals surface area contributed by atoms with Gasteiger partial charge in [-0.25, -0.2) is 5.01 Å². The maximum absolute atomic E-state index is 3.64. The van der Waals surface area contributed by atoms with Crippen LogP contribution in [0.15, 0.2) is 36.1 Å². The zero-order valence-electron chi connectivity index (χ0n) is 7.80. The molecule has 1 aliphatic rings. The molecule has 1 N–H and O–H groups in total. The van der Waals surface area contributed by atoms with Crippen LogP contribution in [0.2, 0.25) is 0 Å². The number of nitrogens with zero attached hydrogens (tertiary/aromatic N) is 1. The van der Waals surface area contributed by atoms with Crippen molar-refractivity contribution in [2.24, 2.45) is 0 Å². The predicted octanol–water partition coefficient (Wildman–Crippen LogP) is 1.84. The second kappa shape index (κ2) is 4.12. The summed E-state index contributed by atoms with van der Waals surface area (Å²) >= 11 is 0. The SMILES string of the molecule is C=C/C=C\C1=C(C)CCN(C)N1. The zero-order valence-corrected chi connectivity index (χ0v) is 7.80. The predicted molar refractivity (Wildman–Crippen MR) is 52.4 cm³/mol. The van der Waals surface area contributed by atoms with Crippen LogP contribution in [-0.2, 0) is 0 Å². The first-order valence-electron chi connectivity index (χ1n) is 4.20. The van der Waals surface area contributed by atoms with Gasteiger partial charge in [-0.2, -0.15) is 0 Å². The van der Waals surface area contributed by atoms with Gasteiger partial charge in [-0.1, -0.05) is 18.7 Å². The van der Waals surface area contributed by atoms with Crippen LogP contribution < -0.4 is 5.43 Å². The molecule has 2 nitrogen and oxygen atoms in total. The van der Waals surface area contributed by atoms with Crippen LogP contribution >= 0.6 is 0 Å². The van der Waals surface area contributed by atoms with Crippen molar-refractivity contribution in [2.75, 3.05) is 13.6 Å². The van der Waals surface area contributed by atoms with E-state index in [4.69, 9.17) is 0 Å². The fourth-order valence-electron chi connectivity index (χ4n) is 1.17. The molecular weight excluding hydrogens is 148 g/mol.